The number of ether oxygens (including phenoxy) is 2. The predicted molar refractivity (Wildman–Crippen MR) is 103 cm³/mol. The average Bonchev–Trinajstić information content (AvgIpc) is 2.68. The van der Waals surface area contributed by atoms with Gasteiger partial charge in [-0.1, -0.05) is 0 Å². The molecule has 150 valence electrons. The summed E-state index contributed by atoms with van der Waals surface area (Å²) in [4.78, 5) is 13.5. The zero-order chi connectivity index (χ0) is 20.3. The second-order valence-corrected chi connectivity index (χ2v) is 7.94. The van der Waals surface area contributed by atoms with Crippen molar-refractivity contribution in [3.63, 3.8) is 0 Å². The first-order valence-electron chi connectivity index (χ1n) is 8.70. The van der Waals surface area contributed by atoms with Crippen LogP contribution in [0.5, 0.6) is 11.5 Å². The van der Waals surface area contributed by atoms with Gasteiger partial charge in [0.2, 0.25) is 5.91 Å². The maximum absolute atomic E-state index is 13.6. The Balaban J connectivity index is 1.97. The van der Waals surface area contributed by atoms with Crippen LogP contribution in [0.25, 0.3) is 0 Å². The van der Waals surface area contributed by atoms with Crippen LogP contribution in [0.4, 0.5) is 15.8 Å². The molecule has 3 rings (SSSR count). The van der Waals surface area contributed by atoms with Gasteiger partial charge in [-0.3, -0.25) is 9.52 Å². The van der Waals surface area contributed by atoms with Crippen molar-refractivity contribution in [2.24, 2.45) is 0 Å². The Morgan fingerprint density at radius 2 is 1.75 bits per heavy atom. The van der Waals surface area contributed by atoms with Gasteiger partial charge in [0, 0.05) is 13.0 Å². The van der Waals surface area contributed by atoms with E-state index in [1.165, 1.54) is 32.4 Å². The number of halogens is 1. The Morgan fingerprint density at radius 1 is 1.04 bits per heavy atom. The maximum Gasteiger partial charge on any atom is 0.265 e. The summed E-state index contributed by atoms with van der Waals surface area (Å²) in [6, 6.07) is 7.88. The van der Waals surface area contributed by atoms with Crippen LogP contribution in [0.1, 0.15) is 19.3 Å². The van der Waals surface area contributed by atoms with E-state index >= 15 is 0 Å². The van der Waals surface area contributed by atoms with Gasteiger partial charge in [0.05, 0.1) is 25.6 Å². The molecule has 0 atom stereocenters. The number of nitrogens with zero attached hydrogens (tertiary/aromatic N) is 1. The molecule has 28 heavy (non-hydrogen) atoms. The molecule has 0 saturated carbocycles. The topological polar surface area (TPSA) is 84.9 Å². The summed E-state index contributed by atoms with van der Waals surface area (Å²) in [6.45, 7) is 0.531. The molecule has 7 nitrogen and oxygen atoms in total. The number of amides is 1. The number of hydrogen-bond donors (Lipinski definition) is 1. The van der Waals surface area contributed by atoms with E-state index in [1.807, 2.05) is 0 Å². The standard InChI is InChI=1S/C19H21FN2O5S/c1-26-16-9-7-14(12-15(16)22-10-4-3-5-19(22)23)21-28(24,25)18-11-13(20)6-8-17(18)27-2/h6-9,11-12,21H,3-5,10H2,1-2H3. The second-order valence-electron chi connectivity index (χ2n) is 6.29. The number of sulfonamides is 1. The minimum Gasteiger partial charge on any atom is -0.495 e. The lowest BCUT2D eigenvalue weighted by Gasteiger charge is -2.28. The smallest absolute Gasteiger partial charge is 0.265 e. The summed E-state index contributed by atoms with van der Waals surface area (Å²) in [7, 11) is -1.33. The molecule has 2 aromatic carbocycles. The van der Waals surface area contributed by atoms with Crippen LogP contribution in [-0.2, 0) is 14.8 Å². The Morgan fingerprint density at radius 3 is 2.43 bits per heavy atom. The highest BCUT2D eigenvalue weighted by Crippen LogP contribution is 2.35. The third-order valence-electron chi connectivity index (χ3n) is 4.46. The molecule has 0 aromatic heterocycles. The van der Waals surface area contributed by atoms with Gasteiger partial charge < -0.3 is 14.4 Å². The molecule has 0 bridgehead atoms. The molecule has 0 aliphatic carbocycles. The highest BCUT2D eigenvalue weighted by molar-refractivity contribution is 7.92. The molecule has 1 amide bonds. The van der Waals surface area contributed by atoms with Gasteiger partial charge in [0.25, 0.3) is 10.0 Å². The van der Waals surface area contributed by atoms with Crippen LogP contribution in [0.3, 0.4) is 0 Å². The van der Waals surface area contributed by atoms with Crippen molar-refractivity contribution < 1.29 is 27.1 Å². The van der Waals surface area contributed by atoms with Crippen molar-refractivity contribution >= 4 is 27.3 Å². The highest BCUT2D eigenvalue weighted by Gasteiger charge is 2.25. The van der Waals surface area contributed by atoms with Gasteiger partial charge in [-0.05, 0) is 49.2 Å². The molecular weight excluding hydrogens is 387 g/mol. The minimum absolute atomic E-state index is 0.0221. The van der Waals surface area contributed by atoms with E-state index in [0.29, 0.717) is 24.4 Å². The number of benzene rings is 2. The molecule has 1 aliphatic rings. The lowest BCUT2D eigenvalue weighted by atomic mass is 10.1. The Hall–Kier alpha value is -2.81. The molecule has 9 heteroatoms. The first-order chi connectivity index (χ1) is 13.4. The molecular formula is C19H21FN2O5S. The monoisotopic (exact) mass is 408 g/mol. The molecule has 1 heterocycles. The zero-order valence-corrected chi connectivity index (χ0v) is 16.4. The molecule has 1 saturated heterocycles. The Bertz CT molecular complexity index is 994. The fraction of sp³-hybridized carbons (Fsp3) is 0.316. The van der Waals surface area contributed by atoms with Crippen LogP contribution in [0.15, 0.2) is 41.3 Å². The molecule has 1 aliphatic heterocycles. The van der Waals surface area contributed by atoms with E-state index < -0.39 is 15.8 Å². The number of carbonyl (C=O) groups excluding carboxylic acids is 1. The number of methoxy groups -OCH3 is 2. The van der Waals surface area contributed by atoms with Crippen molar-refractivity contribution in [3.8, 4) is 11.5 Å². The minimum atomic E-state index is -4.12. The normalized spacial score (nSPS) is 14.7. The van der Waals surface area contributed by atoms with Gasteiger partial charge in [0.1, 0.15) is 22.2 Å². The van der Waals surface area contributed by atoms with Crippen molar-refractivity contribution in [1.29, 1.82) is 0 Å². The van der Waals surface area contributed by atoms with Crippen molar-refractivity contribution in [2.45, 2.75) is 24.2 Å². The number of rotatable bonds is 6. The molecule has 2 aromatic rings. The lowest BCUT2D eigenvalue weighted by Crippen LogP contribution is -2.35. The van der Waals surface area contributed by atoms with Crippen molar-refractivity contribution in [3.05, 3.63) is 42.2 Å². The highest BCUT2D eigenvalue weighted by atomic mass is 32.2. The van der Waals surface area contributed by atoms with Crippen LogP contribution in [0, 0.1) is 5.82 Å². The number of anilines is 2. The first-order valence-corrected chi connectivity index (χ1v) is 10.2. The van der Waals surface area contributed by atoms with Crippen LogP contribution >= 0.6 is 0 Å². The quantitative estimate of drug-likeness (QED) is 0.794. The summed E-state index contributed by atoms with van der Waals surface area (Å²) < 4.78 is 51.9. The summed E-state index contributed by atoms with van der Waals surface area (Å²) in [6.07, 6.45) is 2.11. The fourth-order valence-corrected chi connectivity index (χ4v) is 4.33. The van der Waals surface area contributed by atoms with E-state index in [0.717, 1.165) is 25.0 Å². The van der Waals surface area contributed by atoms with Gasteiger partial charge in [-0.25, -0.2) is 12.8 Å². The third kappa shape index (κ3) is 4.04. The van der Waals surface area contributed by atoms with E-state index in [1.54, 1.807) is 11.0 Å². The average molecular weight is 408 g/mol. The summed E-state index contributed by atoms with van der Waals surface area (Å²) in [5.74, 6) is -0.262. The predicted octanol–water partition coefficient (Wildman–Crippen LogP) is 3.16. The molecule has 0 unspecified atom stereocenters. The van der Waals surface area contributed by atoms with Crippen molar-refractivity contribution in [1.82, 2.24) is 0 Å². The number of nitrogens with one attached hydrogen (secondary N) is 1. The van der Waals surface area contributed by atoms with Crippen LogP contribution in [-0.4, -0.2) is 35.1 Å². The number of carbonyl (C=O) groups is 1. The molecule has 1 fully saturated rings. The summed E-state index contributed by atoms with van der Waals surface area (Å²) in [5.41, 5.74) is 0.707. The maximum atomic E-state index is 13.6. The number of hydrogen-bond acceptors (Lipinski definition) is 5. The second kappa shape index (κ2) is 8.05. The fourth-order valence-electron chi connectivity index (χ4n) is 3.10. The van der Waals surface area contributed by atoms with Gasteiger partial charge in [0.15, 0.2) is 0 Å². The Labute approximate surface area is 163 Å². The number of piperidine rings is 1. The van der Waals surface area contributed by atoms with E-state index in [4.69, 9.17) is 9.47 Å². The van der Waals surface area contributed by atoms with E-state index in [2.05, 4.69) is 4.72 Å². The van der Waals surface area contributed by atoms with Crippen LogP contribution in [0.2, 0.25) is 0 Å². The third-order valence-corrected chi connectivity index (χ3v) is 5.86. The van der Waals surface area contributed by atoms with Gasteiger partial charge in [-0.2, -0.15) is 0 Å². The molecule has 1 N–H and O–H groups in total. The first kappa shape index (κ1) is 19.9. The zero-order valence-electron chi connectivity index (χ0n) is 15.6. The van der Waals surface area contributed by atoms with E-state index in [-0.39, 0.29) is 22.2 Å². The Kier molecular flexibility index (Phi) is 5.73. The van der Waals surface area contributed by atoms with Crippen molar-refractivity contribution in [2.75, 3.05) is 30.4 Å². The lowest BCUT2D eigenvalue weighted by molar-refractivity contribution is -0.119. The van der Waals surface area contributed by atoms with Gasteiger partial charge >= 0.3 is 0 Å². The molecule has 0 radical (unpaired) electrons. The van der Waals surface area contributed by atoms with E-state index in [9.17, 15) is 17.6 Å². The SMILES string of the molecule is COc1ccc(NS(=O)(=O)c2cc(F)ccc2OC)cc1N1CCCCC1=O. The largest absolute Gasteiger partial charge is 0.495 e. The summed E-state index contributed by atoms with van der Waals surface area (Å²) >= 11 is 0. The van der Waals surface area contributed by atoms with Gasteiger partial charge in [-0.15, -0.1) is 0 Å². The van der Waals surface area contributed by atoms with Crippen LogP contribution < -0.4 is 19.1 Å². The summed E-state index contributed by atoms with van der Waals surface area (Å²) in [5, 5.41) is 0. The molecule has 0 spiro atoms.